The number of amides is 1. The first-order valence-corrected chi connectivity index (χ1v) is 9.13. The lowest BCUT2D eigenvalue weighted by Gasteiger charge is -2.23. The Labute approximate surface area is 160 Å². The van der Waals surface area contributed by atoms with Gasteiger partial charge in [0.25, 0.3) is 5.91 Å². The topological polar surface area (TPSA) is 93.0 Å². The summed E-state index contributed by atoms with van der Waals surface area (Å²) in [5.41, 5.74) is 6.92. The first kappa shape index (κ1) is 18.4. The number of nitrogens with two attached hydrogens (primary N) is 1. The Hall–Kier alpha value is -3.00. The molecule has 0 atom stereocenters. The monoisotopic (exact) mass is 386 g/mol. The number of ether oxygens (including phenoxy) is 1. The average molecular weight is 386 g/mol. The molecule has 2 aromatic heterocycles. The standard InChI is InChI=1S/C20H20F2N4O2/c21-13-5-12(6-14(22)7-13)15-8-25-20-17(15)18(16(9-26-20)19(23)27)28-10-11-1-3-24-4-2-11/h5-9,11,24H,1-4,10H2,(H2,23,27)(H,25,26). The van der Waals surface area contributed by atoms with E-state index in [-0.39, 0.29) is 11.3 Å². The lowest BCUT2D eigenvalue weighted by Crippen LogP contribution is -2.30. The number of aromatic nitrogens is 2. The number of nitrogens with one attached hydrogen (secondary N) is 2. The Morgan fingerprint density at radius 1 is 1.21 bits per heavy atom. The summed E-state index contributed by atoms with van der Waals surface area (Å²) in [4.78, 5) is 19.1. The number of piperidine rings is 1. The number of pyridine rings is 1. The van der Waals surface area contributed by atoms with Gasteiger partial charge >= 0.3 is 0 Å². The van der Waals surface area contributed by atoms with Gasteiger partial charge in [0.15, 0.2) is 0 Å². The van der Waals surface area contributed by atoms with Crippen molar-refractivity contribution in [2.24, 2.45) is 11.7 Å². The van der Waals surface area contributed by atoms with E-state index >= 15 is 0 Å². The molecule has 3 aromatic rings. The maximum atomic E-state index is 13.7. The van der Waals surface area contributed by atoms with Crippen molar-refractivity contribution in [1.82, 2.24) is 15.3 Å². The first-order chi connectivity index (χ1) is 13.5. The number of hydrogen-bond acceptors (Lipinski definition) is 4. The lowest BCUT2D eigenvalue weighted by molar-refractivity contribution is 0.0994. The number of H-pyrrole nitrogens is 1. The molecule has 146 valence electrons. The zero-order chi connectivity index (χ0) is 19.7. The van der Waals surface area contributed by atoms with E-state index in [1.807, 2.05) is 0 Å². The van der Waals surface area contributed by atoms with Gasteiger partial charge in [-0.25, -0.2) is 13.8 Å². The van der Waals surface area contributed by atoms with Crippen LogP contribution in [0.1, 0.15) is 23.2 Å². The third-order valence-corrected chi connectivity index (χ3v) is 5.01. The molecule has 1 saturated heterocycles. The molecule has 3 heterocycles. The summed E-state index contributed by atoms with van der Waals surface area (Å²) < 4.78 is 33.5. The van der Waals surface area contributed by atoms with Crippen LogP contribution in [0.4, 0.5) is 8.78 Å². The van der Waals surface area contributed by atoms with Crippen LogP contribution in [-0.2, 0) is 0 Å². The molecule has 0 saturated carbocycles. The Balaban J connectivity index is 1.81. The number of benzene rings is 1. The lowest BCUT2D eigenvalue weighted by atomic mass is 9.99. The minimum Gasteiger partial charge on any atom is -0.492 e. The van der Waals surface area contributed by atoms with E-state index in [1.54, 1.807) is 6.20 Å². The van der Waals surface area contributed by atoms with E-state index < -0.39 is 17.5 Å². The molecule has 0 bridgehead atoms. The van der Waals surface area contributed by atoms with Crippen LogP contribution < -0.4 is 15.8 Å². The van der Waals surface area contributed by atoms with Crippen LogP contribution in [0.15, 0.2) is 30.6 Å². The van der Waals surface area contributed by atoms with Gasteiger partial charge in [-0.05, 0) is 49.5 Å². The number of rotatable bonds is 5. The molecule has 4 rings (SSSR count). The van der Waals surface area contributed by atoms with Crippen molar-refractivity contribution < 1.29 is 18.3 Å². The molecular formula is C20H20F2N4O2. The number of halogens is 2. The summed E-state index contributed by atoms with van der Waals surface area (Å²) in [7, 11) is 0. The summed E-state index contributed by atoms with van der Waals surface area (Å²) >= 11 is 0. The fraction of sp³-hybridized carbons (Fsp3) is 0.300. The second kappa shape index (κ2) is 7.55. The molecule has 0 spiro atoms. The molecule has 1 amide bonds. The summed E-state index contributed by atoms with van der Waals surface area (Å²) in [5.74, 6) is -1.43. The number of carbonyl (C=O) groups is 1. The highest BCUT2D eigenvalue weighted by atomic mass is 19.1. The quantitative estimate of drug-likeness (QED) is 0.629. The minimum atomic E-state index is -0.694. The van der Waals surface area contributed by atoms with Crippen molar-refractivity contribution >= 4 is 16.9 Å². The Kier molecular flexibility index (Phi) is 4.95. The van der Waals surface area contributed by atoms with Gasteiger partial charge in [-0.3, -0.25) is 4.79 Å². The molecule has 8 heteroatoms. The highest BCUT2D eigenvalue weighted by Gasteiger charge is 2.22. The number of fused-ring (bicyclic) bond motifs is 1. The van der Waals surface area contributed by atoms with Crippen molar-refractivity contribution in [1.29, 1.82) is 0 Å². The molecule has 28 heavy (non-hydrogen) atoms. The van der Waals surface area contributed by atoms with E-state index in [0.717, 1.165) is 32.0 Å². The van der Waals surface area contributed by atoms with Crippen molar-refractivity contribution in [2.75, 3.05) is 19.7 Å². The highest BCUT2D eigenvalue weighted by Crippen LogP contribution is 2.37. The van der Waals surface area contributed by atoms with E-state index in [2.05, 4.69) is 15.3 Å². The average Bonchev–Trinajstić information content (AvgIpc) is 3.10. The number of primary amides is 1. The second-order valence-corrected chi connectivity index (χ2v) is 6.95. The molecule has 1 aromatic carbocycles. The first-order valence-electron chi connectivity index (χ1n) is 9.13. The number of nitrogens with zero attached hydrogens (tertiary/aromatic N) is 1. The van der Waals surface area contributed by atoms with Crippen LogP contribution in [0, 0.1) is 17.6 Å². The number of carbonyl (C=O) groups excluding carboxylic acids is 1. The van der Waals surface area contributed by atoms with Crippen LogP contribution >= 0.6 is 0 Å². The van der Waals surface area contributed by atoms with Crippen LogP contribution in [0.3, 0.4) is 0 Å². The third kappa shape index (κ3) is 3.55. The predicted molar refractivity (Wildman–Crippen MR) is 101 cm³/mol. The third-order valence-electron chi connectivity index (χ3n) is 5.01. The molecule has 1 aliphatic heterocycles. The maximum absolute atomic E-state index is 13.7. The van der Waals surface area contributed by atoms with Crippen LogP contribution in [0.25, 0.3) is 22.2 Å². The van der Waals surface area contributed by atoms with Crippen molar-refractivity contribution in [3.63, 3.8) is 0 Å². The zero-order valence-electron chi connectivity index (χ0n) is 15.1. The van der Waals surface area contributed by atoms with Crippen molar-refractivity contribution in [3.8, 4) is 16.9 Å². The molecule has 6 nitrogen and oxygen atoms in total. The van der Waals surface area contributed by atoms with Gasteiger partial charge in [0, 0.05) is 24.0 Å². The van der Waals surface area contributed by atoms with Gasteiger partial charge in [-0.1, -0.05) is 0 Å². The van der Waals surface area contributed by atoms with Crippen molar-refractivity contribution in [3.05, 3.63) is 47.8 Å². The van der Waals surface area contributed by atoms with E-state index in [9.17, 15) is 13.6 Å². The van der Waals surface area contributed by atoms with E-state index in [0.29, 0.717) is 34.7 Å². The Morgan fingerprint density at radius 2 is 1.93 bits per heavy atom. The highest BCUT2D eigenvalue weighted by molar-refractivity contribution is 6.06. The molecule has 1 fully saturated rings. The van der Waals surface area contributed by atoms with Crippen LogP contribution in [0.5, 0.6) is 5.75 Å². The van der Waals surface area contributed by atoms with Crippen LogP contribution in [0.2, 0.25) is 0 Å². The second-order valence-electron chi connectivity index (χ2n) is 6.95. The molecule has 0 unspecified atom stereocenters. The van der Waals surface area contributed by atoms with Crippen molar-refractivity contribution in [2.45, 2.75) is 12.8 Å². The van der Waals surface area contributed by atoms with Gasteiger partial charge in [-0.2, -0.15) is 0 Å². The number of hydrogen-bond donors (Lipinski definition) is 3. The predicted octanol–water partition coefficient (Wildman–Crippen LogP) is 2.99. The van der Waals surface area contributed by atoms with Crippen LogP contribution in [-0.4, -0.2) is 35.6 Å². The molecule has 0 radical (unpaired) electrons. The number of aromatic amines is 1. The fourth-order valence-electron chi connectivity index (χ4n) is 3.58. The SMILES string of the molecule is NC(=O)c1cnc2[nH]cc(-c3cc(F)cc(F)c3)c2c1OCC1CCNCC1. The van der Waals surface area contributed by atoms with Gasteiger partial charge in [0.05, 0.1) is 12.0 Å². The molecule has 0 aliphatic carbocycles. The summed E-state index contributed by atoms with van der Waals surface area (Å²) in [6.45, 7) is 2.25. The molecule has 1 aliphatic rings. The fourth-order valence-corrected chi connectivity index (χ4v) is 3.58. The maximum Gasteiger partial charge on any atom is 0.254 e. The van der Waals surface area contributed by atoms with Gasteiger partial charge in [0.2, 0.25) is 0 Å². The zero-order valence-corrected chi connectivity index (χ0v) is 15.1. The summed E-state index contributed by atoms with van der Waals surface area (Å²) in [6.07, 6.45) is 4.88. The Bertz CT molecular complexity index is 1010. The van der Waals surface area contributed by atoms with E-state index in [1.165, 1.54) is 18.3 Å². The Morgan fingerprint density at radius 3 is 2.61 bits per heavy atom. The summed E-state index contributed by atoms with van der Waals surface area (Å²) in [5, 5.41) is 3.78. The summed E-state index contributed by atoms with van der Waals surface area (Å²) in [6, 6.07) is 3.25. The smallest absolute Gasteiger partial charge is 0.254 e. The van der Waals surface area contributed by atoms with Gasteiger partial charge in [-0.15, -0.1) is 0 Å². The van der Waals surface area contributed by atoms with E-state index in [4.69, 9.17) is 10.5 Å². The normalized spacial score (nSPS) is 15.1. The van der Waals surface area contributed by atoms with Gasteiger partial charge < -0.3 is 20.8 Å². The molecule has 4 N–H and O–H groups in total. The largest absolute Gasteiger partial charge is 0.492 e. The minimum absolute atomic E-state index is 0.138. The molecular weight excluding hydrogens is 366 g/mol. The van der Waals surface area contributed by atoms with Gasteiger partial charge in [0.1, 0.15) is 28.6 Å².